The minimum atomic E-state index is 0.0505. The van der Waals surface area contributed by atoms with E-state index in [2.05, 4.69) is 26.1 Å². The van der Waals surface area contributed by atoms with Gasteiger partial charge in [-0.25, -0.2) is 15.0 Å². The maximum Gasteiger partial charge on any atom is 0.234 e. The van der Waals surface area contributed by atoms with Crippen LogP contribution in [0.4, 0.5) is 5.88 Å². The lowest BCUT2D eigenvalue weighted by molar-refractivity contribution is -0.128. The molecule has 0 unspecified atom stereocenters. The molecule has 10 nitrogen and oxygen atoms in total. The summed E-state index contributed by atoms with van der Waals surface area (Å²) in [7, 11) is 1.82. The molecule has 11 heteroatoms. The van der Waals surface area contributed by atoms with Crippen LogP contribution in [0.2, 0.25) is 0 Å². The molecular weight excluding hydrogens is 380 g/mol. The number of aryl methyl sites for hydroxylation is 2. The van der Waals surface area contributed by atoms with Gasteiger partial charge in [0.25, 0.3) is 0 Å². The molecule has 28 heavy (non-hydrogen) atoms. The van der Waals surface area contributed by atoms with Crippen LogP contribution in [0, 0.1) is 18.3 Å². The van der Waals surface area contributed by atoms with Crippen LogP contribution in [-0.2, 0) is 11.8 Å². The Morgan fingerprint density at radius 1 is 1.32 bits per heavy atom. The third kappa shape index (κ3) is 3.38. The highest BCUT2D eigenvalue weighted by Crippen LogP contribution is 2.25. The highest BCUT2D eigenvalue weighted by molar-refractivity contribution is 8.00. The van der Waals surface area contributed by atoms with E-state index in [0.717, 1.165) is 16.1 Å². The lowest BCUT2D eigenvalue weighted by atomic mass is 10.3. The molecule has 0 saturated carbocycles. The highest BCUT2D eigenvalue weighted by Gasteiger charge is 2.26. The summed E-state index contributed by atoms with van der Waals surface area (Å²) in [4.78, 5) is 29.0. The van der Waals surface area contributed by atoms with Gasteiger partial charge in [0.15, 0.2) is 11.5 Å². The van der Waals surface area contributed by atoms with Gasteiger partial charge in [-0.2, -0.15) is 10.4 Å². The summed E-state index contributed by atoms with van der Waals surface area (Å²) in [5, 5.41) is 15.0. The van der Waals surface area contributed by atoms with Crippen molar-refractivity contribution in [2.75, 3.05) is 36.8 Å². The Morgan fingerprint density at radius 3 is 2.86 bits per heavy atom. The first-order valence-electron chi connectivity index (χ1n) is 8.72. The van der Waals surface area contributed by atoms with E-state index in [1.165, 1.54) is 18.1 Å². The number of anilines is 1. The first-order chi connectivity index (χ1) is 13.6. The van der Waals surface area contributed by atoms with Crippen LogP contribution in [0.3, 0.4) is 0 Å². The molecule has 1 saturated heterocycles. The molecule has 0 radical (unpaired) electrons. The first-order valence-corrected chi connectivity index (χ1v) is 9.71. The predicted octanol–water partition coefficient (Wildman–Crippen LogP) is 0.972. The summed E-state index contributed by atoms with van der Waals surface area (Å²) >= 11 is 1.39. The largest absolute Gasteiger partial charge is 0.424 e. The number of carbonyl (C=O) groups excluding carboxylic acids is 1. The van der Waals surface area contributed by atoms with Gasteiger partial charge in [0.1, 0.15) is 17.4 Å². The van der Waals surface area contributed by atoms with Crippen molar-refractivity contribution in [1.29, 1.82) is 5.26 Å². The van der Waals surface area contributed by atoms with E-state index in [1.807, 2.05) is 16.8 Å². The number of fused-ring (bicyclic) bond motifs is 1. The van der Waals surface area contributed by atoms with Crippen molar-refractivity contribution in [3.05, 3.63) is 24.1 Å². The van der Waals surface area contributed by atoms with Gasteiger partial charge in [-0.3, -0.25) is 9.48 Å². The molecule has 1 fully saturated rings. The van der Waals surface area contributed by atoms with Crippen molar-refractivity contribution in [2.24, 2.45) is 7.05 Å². The van der Waals surface area contributed by atoms with Crippen LogP contribution in [0.5, 0.6) is 0 Å². The van der Waals surface area contributed by atoms with Crippen LogP contribution in [0.25, 0.3) is 11.0 Å². The minimum Gasteiger partial charge on any atom is -0.424 e. The minimum absolute atomic E-state index is 0.0505. The summed E-state index contributed by atoms with van der Waals surface area (Å²) in [6.45, 7) is 4.04. The van der Waals surface area contributed by atoms with E-state index < -0.39 is 0 Å². The number of nitrogens with zero attached hydrogens (tertiary/aromatic N) is 8. The van der Waals surface area contributed by atoms with Crippen LogP contribution in [0.15, 0.2) is 22.0 Å². The lowest BCUT2D eigenvalue weighted by Gasteiger charge is -2.34. The summed E-state index contributed by atoms with van der Waals surface area (Å²) in [6, 6.07) is 2.05. The fourth-order valence-electron chi connectivity index (χ4n) is 3.14. The Balaban J connectivity index is 1.36. The van der Waals surface area contributed by atoms with Gasteiger partial charge in [0.05, 0.1) is 17.3 Å². The number of hydrogen-bond acceptors (Lipinski definition) is 9. The molecule has 0 N–H and O–H groups in total. The Hall–Kier alpha value is -3.13. The smallest absolute Gasteiger partial charge is 0.234 e. The van der Waals surface area contributed by atoms with Crippen molar-refractivity contribution < 1.29 is 9.21 Å². The van der Waals surface area contributed by atoms with Crippen molar-refractivity contribution in [3.63, 3.8) is 0 Å². The summed E-state index contributed by atoms with van der Waals surface area (Å²) in [5.41, 5.74) is 1.03. The number of carbonyl (C=O) groups is 1. The molecule has 1 aliphatic rings. The van der Waals surface area contributed by atoms with Gasteiger partial charge in [0.2, 0.25) is 17.5 Å². The Morgan fingerprint density at radius 2 is 2.11 bits per heavy atom. The predicted molar refractivity (Wildman–Crippen MR) is 102 cm³/mol. The normalized spacial score (nSPS) is 14.5. The molecule has 0 atom stereocenters. The monoisotopic (exact) mass is 398 g/mol. The van der Waals surface area contributed by atoms with Gasteiger partial charge in [-0.05, 0) is 0 Å². The second kappa shape index (κ2) is 7.47. The molecule has 0 aliphatic carbocycles. The topological polar surface area (TPSA) is 117 Å². The Labute approximate surface area is 165 Å². The second-order valence-corrected chi connectivity index (χ2v) is 7.30. The zero-order chi connectivity index (χ0) is 19.7. The van der Waals surface area contributed by atoms with E-state index in [1.54, 1.807) is 17.8 Å². The molecule has 144 valence electrons. The maximum absolute atomic E-state index is 12.6. The average Bonchev–Trinajstić information content (AvgIpc) is 3.29. The zero-order valence-corrected chi connectivity index (χ0v) is 16.3. The first kappa shape index (κ1) is 18.2. The van der Waals surface area contributed by atoms with Gasteiger partial charge >= 0.3 is 0 Å². The summed E-state index contributed by atoms with van der Waals surface area (Å²) in [6.07, 6.45) is 3.20. The number of piperazine rings is 1. The third-order valence-corrected chi connectivity index (χ3v) is 5.56. The molecular formula is C17H18N8O2S. The van der Waals surface area contributed by atoms with E-state index >= 15 is 0 Å². The van der Waals surface area contributed by atoms with E-state index in [9.17, 15) is 10.1 Å². The second-order valence-electron chi connectivity index (χ2n) is 6.34. The van der Waals surface area contributed by atoms with Crippen molar-refractivity contribution in [1.82, 2.24) is 29.6 Å². The fourth-order valence-corrected chi connectivity index (χ4v) is 4.00. The third-order valence-electron chi connectivity index (χ3n) is 4.57. The maximum atomic E-state index is 12.6. The average molecular weight is 398 g/mol. The Kier molecular flexibility index (Phi) is 4.87. The molecule has 3 aromatic rings. The summed E-state index contributed by atoms with van der Waals surface area (Å²) in [5.74, 6) is 1.30. The number of thioether (sulfide) groups is 1. The van der Waals surface area contributed by atoms with Crippen molar-refractivity contribution >= 4 is 34.6 Å². The van der Waals surface area contributed by atoms with Crippen LogP contribution >= 0.6 is 11.8 Å². The molecule has 3 aromatic heterocycles. The SMILES string of the molecule is Cc1nc(C#N)c(N2CCN(C(=O)CSc3ncnc4c3cnn4C)CC2)o1. The molecule has 4 heterocycles. The molecule has 4 rings (SSSR count). The highest BCUT2D eigenvalue weighted by atomic mass is 32.2. The van der Waals surface area contributed by atoms with Crippen molar-refractivity contribution in [2.45, 2.75) is 11.9 Å². The summed E-state index contributed by atoms with van der Waals surface area (Å²) < 4.78 is 7.23. The van der Waals surface area contributed by atoms with Crippen LogP contribution in [0.1, 0.15) is 11.6 Å². The molecule has 1 amide bonds. The fraction of sp³-hybridized carbons (Fsp3) is 0.412. The van der Waals surface area contributed by atoms with E-state index in [4.69, 9.17) is 4.42 Å². The van der Waals surface area contributed by atoms with Crippen LogP contribution in [-0.4, -0.2) is 67.5 Å². The van der Waals surface area contributed by atoms with E-state index in [0.29, 0.717) is 43.7 Å². The quantitative estimate of drug-likeness (QED) is 0.468. The standard InChI is InChI=1S/C17H18N8O2S/c1-11-22-13(7-18)17(27-11)25-5-3-24(4-6-25)14(26)9-28-16-12-8-21-23(2)15(12)19-10-20-16/h8,10H,3-6,9H2,1-2H3. The molecule has 0 spiro atoms. The van der Waals surface area contributed by atoms with Gasteiger partial charge in [0, 0.05) is 40.2 Å². The number of nitriles is 1. The number of oxazole rings is 1. The van der Waals surface area contributed by atoms with Crippen LogP contribution < -0.4 is 4.90 Å². The number of rotatable bonds is 4. The zero-order valence-electron chi connectivity index (χ0n) is 15.5. The number of aromatic nitrogens is 5. The molecule has 1 aliphatic heterocycles. The van der Waals surface area contributed by atoms with E-state index in [-0.39, 0.29) is 11.6 Å². The van der Waals surface area contributed by atoms with Gasteiger partial charge in [-0.15, -0.1) is 0 Å². The number of amides is 1. The van der Waals surface area contributed by atoms with Gasteiger partial charge in [-0.1, -0.05) is 11.8 Å². The Bertz CT molecular complexity index is 1060. The van der Waals surface area contributed by atoms with Gasteiger partial charge < -0.3 is 14.2 Å². The van der Waals surface area contributed by atoms with Crippen molar-refractivity contribution in [3.8, 4) is 6.07 Å². The molecule has 0 bridgehead atoms. The number of hydrogen-bond donors (Lipinski definition) is 0. The molecule has 0 aromatic carbocycles. The lowest BCUT2D eigenvalue weighted by Crippen LogP contribution is -2.49.